The third-order valence-corrected chi connectivity index (χ3v) is 7.31. The molecule has 268 valence electrons. The lowest BCUT2D eigenvalue weighted by Gasteiger charge is -2.36. The van der Waals surface area contributed by atoms with Gasteiger partial charge in [-0.2, -0.15) is 0 Å². The number of carbonyl (C=O) groups is 1. The number of anilines is 2. The van der Waals surface area contributed by atoms with Gasteiger partial charge in [0.1, 0.15) is 23.3 Å². The molecule has 3 aromatic rings. The minimum absolute atomic E-state index is 0.303. The van der Waals surface area contributed by atoms with Gasteiger partial charge in [0.2, 0.25) is 0 Å². The predicted octanol–water partition coefficient (Wildman–Crippen LogP) is 8.21. The highest BCUT2D eigenvalue weighted by molar-refractivity contribution is 6.30. The maximum absolute atomic E-state index is 12.3. The summed E-state index contributed by atoms with van der Waals surface area (Å²) in [5, 5.41) is 7.71. The lowest BCUT2D eigenvalue weighted by Crippen LogP contribution is -2.42. The van der Waals surface area contributed by atoms with Crippen molar-refractivity contribution in [2.75, 3.05) is 46.8 Å². The zero-order valence-corrected chi connectivity index (χ0v) is 31.8. The second kappa shape index (κ2) is 17.9. The number of alkyl carbamates (subject to hydrolysis) is 1. The summed E-state index contributed by atoms with van der Waals surface area (Å²) in [4.78, 5) is 23.5. The van der Waals surface area contributed by atoms with Gasteiger partial charge in [-0.15, -0.1) is 0 Å². The third-order valence-electron chi connectivity index (χ3n) is 7.07. The van der Waals surface area contributed by atoms with Crippen LogP contribution in [0.5, 0.6) is 11.5 Å². The average Bonchev–Trinajstić information content (AvgIpc) is 2.99. The first kappa shape index (κ1) is 40.8. The number of halogens is 1. The Morgan fingerprint density at radius 3 is 2.23 bits per heavy atom. The van der Waals surface area contributed by atoms with Crippen LogP contribution in [0.15, 0.2) is 36.7 Å². The number of amides is 1. The summed E-state index contributed by atoms with van der Waals surface area (Å²) >= 11 is 6.43. The zero-order chi connectivity index (χ0) is 36.3. The van der Waals surface area contributed by atoms with Crippen LogP contribution in [0.2, 0.25) is 5.02 Å². The Morgan fingerprint density at radius 1 is 0.958 bits per heavy atom. The lowest BCUT2D eigenvalue weighted by molar-refractivity contribution is -0.114. The van der Waals surface area contributed by atoms with E-state index in [0.29, 0.717) is 53.9 Å². The molecule has 0 aliphatic rings. The number of carbonyl (C=O) groups excluding carboxylic acids is 1. The summed E-state index contributed by atoms with van der Waals surface area (Å²) in [7, 11) is 6.84. The topological polar surface area (TPSA) is 116 Å². The fraction of sp³-hybridized carbons (Fsp3) is 0.583. The molecule has 1 aromatic heterocycles. The molecule has 0 atom stereocenters. The Balaban J connectivity index is 0.00000392. The number of benzene rings is 2. The zero-order valence-electron chi connectivity index (χ0n) is 31.0. The minimum Gasteiger partial charge on any atom is -0.493 e. The third kappa shape index (κ3) is 12.9. The molecule has 0 aliphatic heterocycles. The van der Waals surface area contributed by atoms with Crippen molar-refractivity contribution in [3.05, 3.63) is 47.2 Å². The molecule has 0 saturated carbocycles. The second-order valence-electron chi connectivity index (χ2n) is 13.8. The number of hydrogen-bond acceptors (Lipinski definition) is 10. The second-order valence-corrected chi connectivity index (χ2v) is 14.3. The van der Waals surface area contributed by atoms with Crippen LogP contribution in [0.1, 0.15) is 74.3 Å². The fourth-order valence-corrected chi connectivity index (χ4v) is 5.53. The molecule has 0 aliphatic carbocycles. The van der Waals surface area contributed by atoms with Gasteiger partial charge < -0.3 is 34.3 Å². The molecule has 0 fully saturated rings. The van der Waals surface area contributed by atoms with E-state index >= 15 is 0 Å². The van der Waals surface area contributed by atoms with E-state index in [4.69, 9.17) is 35.3 Å². The van der Waals surface area contributed by atoms with Crippen molar-refractivity contribution >= 4 is 40.1 Å². The molecular weight excluding hydrogens is 634 g/mol. The summed E-state index contributed by atoms with van der Waals surface area (Å²) < 4.78 is 28.5. The van der Waals surface area contributed by atoms with Crippen molar-refractivity contribution in [2.24, 2.45) is 5.41 Å². The van der Waals surface area contributed by atoms with Gasteiger partial charge >= 0.3 is 6.09 Å². The first-order valence-corrected chi connectivity index (χ1v) is 16.6. The molecule has 0 bridgehead atoms. The van der Waals surface area contributed by atoms with Gasteiger partial charge in [-0.05, 0) is 77.3 Å². The van der Waals surface area contributed by atoms with E-state index in [-0.39, 0.29) is 11.7 Å². The van der Waals surface area contributed by atoms with Crippen molar-refractivity contribution < 1.29 is 28.5 Å². The Hall–Kier alpha value is -3.38. The number of hydrogen-bond donors (Lipinski definition) is 2. The average molecular weight is 690 g/mol. The van der Waals surface area contributed by atoms with Crippen LogP contribution in [-0.2, 0) is 20.8 Å². The smallest absolute Gasteiger partial charge is 0.407 e. The highest BCUT2D eigenvalue weighted by Gasteiger charge is 2.32. The van der Waals surface area contributed by atoms with Crippen LogP contribution < -0.4 is 20.1 Å². The molecule has 2 N–H and O–H groups in total. The first-order valence-electron chi connectivity index (χ1n) is 16.2. The molecule has 3 rings (SSSR count). The molecule has 0 saturated heterocycles. The van der Waals surface area contributed by atoms with E-state index in [2.05, 4.69) is 39.3 Å². The molecule has 12 heteroatoms. The van der Waals surface area contributed by atoms with Gasteiger partial charge in [-0.3, -0.25) is 4.90 Å². The van der Waals surface area contributed by atoms with Crippen molar-refractivity contribution in [1.82, 2.24) is 20.2 Å². The quantitative estimate of drug-likeness (QED) is 0.151. The Morgan fingerprint density at radius 2 is 1.62 bits per heavy atom. The van der Waals surface area contributed by atoms with E-state index in [1.165, 1.54) is 6.33 Å². The van der Waals surface area contributed by atoms with Crippen molar-refractivity contribution in [3.63, 3.8) is 0 Å². The molecule has 48 heavy (non-hydrogen) atoms. The van der Waals surface area contributed by atoms with Crippen LogP contribution in [0.4, 0.5) is 16.3 Å². The fourth-order valence-electron chi connectivity index (χ4n) is 5.36. The number of ether oxygens (including phenoxy) is 5. The van der Waals surface area contributed by atoms with Gasteiger partial charge in [0.05, 0.1) is 12.6 Å². The Labute approximate surface area is 292 Å². The van der Waals surface area contributed by atoms with Crippen LogP contribution >= 0.6 is 11.6 Å². The van der Waals surface area contributed by atoms with E-state index in [1.54, 1.807) is 21.3 Å². The maximum atomic E-state index is 12.3. The van der Waals surface area contributed by atoms with Gasteiger partial charge in [0, 0.05) is 56.0 Å². The van der Waals surface area contributed by atoms with Crippen LogP contribution in [-0.4, -0.2) is 79.9 Å². The van der Waals surface area contributed by atoms with Gasteiger partial charge in [0.15, 0.2) is 17.8 Å². The standard InChI is InChI=1S/C34H50ClN5O6.C2H6/c1-32(2,3)46-31(41)36-20-33(4,5)19-34(6,7)45-28-15-24-26(16-27(28)42-9)37-21-38-30(24)39-25-14-23(35)13-12-22(25)17-40(8)18-29(43-10)44-11;1-2/h12-16,21,29H,17-20H2,1-11H3,(H,36,41)(H,37,38,39);1-2H3. The number of aromatic nitrogens is 2. The van der Waals surface area contributed by atoms with Crippen LogP contribution in [0, 0.1) is 5.41 Å². The summed E-state index contributed by atoms with van der Waals surface area (Å²) in [6, 6.07) is 9.45. The minimum atomic E-state index is -0.629. The highest BCUT2D eigenvalue weighted by Crippen LogP contribution is 2.39. The van der Waals surface area contributed by atoms with Crippen molar-refractivity contribution in [2.45, 2.75) is 92.8 Å². The molecular formula is C36H56ClN5O6. The molecule has 2 aromatic carbocycles. The van der Waals surface area contributed by atoms with Gasteiger partial charge in [-0.25, -0.2) is 14.8 Å². The number of nitrogens with zero attached hydrogens (tertiary/aromatic N) is 3. The summed E-state index contributed by atoms with van der Waals surface area (Å²) in [5.41, 5.74) is 1.01. The molecule has 11 nitrogen and oxygen atoms in total. The monoisotopic (exact) mass is 689 g/mol. The van der Waals surface area contributed by atoms with Crippen LogP contribution in [0.3, 0.4) is 0 Å². The molecule has 0 spiro atoms. The van der Waals surface area contributed by atoms with E-state index in [1.807, 2.05) is 85.8 Å². The van der Waals surface area contributed by atoms with Gasteiger partial charge in [-0.1, -0.05) is 45.4 Å². The SMILES string of the molecule is CC.COc1cc2ncnc(Nc3cc(Cl)ccc3CN(C)CC(OC)OC)c2cc1OC(C)(C)CC(C)(C)CNC(=O)OC(C)(C)C. The van der Waals surface area contributed by atoms with Crippen LogP contribution in [0.25, 0.3) is 10.9 Å². The van der Waals surface area contributed by atoms with Crippen molar-refractivity contribution in [1.29, 1.82) is 0 Å². The Kier molecular flexibility index (Phi) is 15.2. The number of fused-ring (bicyclic) bond motifs is 1. The lowest BCUT2D eigenvalue weighted by atomic mass is 9.81. The number of likely N-dealkylation sites (N-methyl/N-ethyl adjacent to an activating group) is 1. The van der Waals surface area contributed by atoms with E-state index in [0.717, 1.165) is 16.6 Å². The van der Waals surface area contributed by atoms with Gasteiger partial charge in [0.25, 0.3) is 0 Å². The predicted molar refractivity (Wildman–Crippen MR) is 194 cm³/mol. The maximum Gasteiger partial charge on any atom is 0.407 e. The number of rotatable bonds is 15. The van der Waals surface area contributed by atoms with E-state index in [9.17, 15) is 4.79 Å². The molecule has 0 unspecified atom stereocenters. The molecule has 0 radical (unpaired) electrons. The largest absolute Gasteiger partial charge is 0.493 e. The summed E-state index contributed by atoms with van der Waals surface area (Å²) in [6.45, 7) is 19.3. The normalized spacial score (nSPS) is 12.1. The Bertz CT molecular complexity index is 1470. The van der Waals surface area contributed by atoms with Crippen molar-refractivity contribution in [3.8, 4) is 11.5 Å². The molecule has 1 heterocycles. The number of methoxy groups -OCH3 is 3. The first-order chi connectivity index (χ1) is 22.4. The highest BCUT2D eigenvalue weighted by atomic mass is 35.5. The van der Waals surface area contributed by atoms with E-state index < -0.39 is 17.3 Å². The summed E-state index contributed by atoms with van der Waals surface area (Å²) in [6.07, 6.45) is 1.34. The number of nitrogens with one attached hydrogen (secondary N) is 2. The summed E-state index contributed by atoms with van der Waals surface area (Å²) in [5.74, 6) is 1.69. The molecule has 1 amide bonds.